The second-order valence-corrected chi connectivity index (χ2v) is 11.9. The van der Waals surface area contributed by atoms with Gasteiger partial charge in [0.15, 0.2) is 0 Å². The van der Waals surface area contributed by atoms with Crippen LogP contribution < -0.4 is 15.6 Å². The number of hydrogen-bond donors (Lipinski definition) is 2. The first-order valence-electron chi connectivity index (χ1n) is 14.8. The number of aliphatic hydroxyl groups is 1. The van der Waals surface area contributed by atoms with Crippen molar-refractivity contribution in [2.75, 3.05) is 39.8 Å². The number of piperazine rings is 1. The summed E-state index contributed by atoms with van der Waals surface area (Å²) in [7, 11) is 1.44. The number of benzene rings is 2. The van der Waals surface area contributed by atoms with Gasteiger partial charge in [0.1, 0.15) is 11.6 Å². The quantitative estimate of drug-likeness (QED) is 0.480. The molecule has 2 saturated heterocycles. The molecule has 1 aromatic heterocycles. The first-order chi connectivity index (χ1) is 20.3. The Morgan fingerprint density at radius 1 is 1.12 bits per heavy atom. The van der Waals surface area contributed by atoms with Gasteiger partial charge in [-0.15, -0.1) is 0 Å². The Kier molecular flexibility index (Phi) is 7.76. The van der Waals surface area contributed by atoms with Crippen LogP contribution in [0.1, 0.15) is 43.7 Å². The summed E-state index contributed by atoms with van der Waals surface area (Å²) in [6, 6.07) is 15.8. The van der Waals surface area contributed by atoms with Gasteiger partial charge in [-0.2, -0.15) is 0 Å². The first-order valence-corrected chi connectivity index (χ1v) is 14.8. The molecule has 3 heterocycles. The van der Waals surface area contributed by atoms with Crippen molar-refractivity contribution in [3.63, 3.8) is 0 Å². The van der Waals surface area contributed by atoms with Gasteiger partial charge in [0.25, 0.3) is 5.56 Å². The Hall–Kier alpha value is -3.76. The number of urea groups is 1. The Morgan fingerprint density at radius 3 is 2.64 bits per heavy atom. The molecule has 9 nitrogen and oxygen atoms in total. The zero-order valence-electron chi connectivity index (χ0n) is 24.0. The highest BCUT2D eigenvalue weighted by atomic mass is 19.1. The van der Waals surface area contributed by atoms with Gasteiger partial charge in [0.05, 0.1) is 42.9 Å². The minimum absolute atomic E-state index is 0.000648. The van der Waals surface area contributed by atoms with Gasteiger partial charge in [0, 0.05) is 44.2 Å². The fourth-order valence-corrected chi connectivity index (χ4v) is 7.24. The fourth-order valence-electron chi connectivity index (χ4n) is 7.24. The molecule has 2 aliphatic heterocycles. The van der Waals surface area contributed by atoms with Gasteiger partial charge in [0.2, 0.25) is 0 Å². The monoisotopic (exact) mass is 575 g/mol. The maximum absolute atomic E-state index is 14.6. The zero-order valence-corrected chi connectivity index (χ0v) is 24.0. The number of methoxy groups -OCH3 is 1. The maximum Gasteiger partial charge on any atom is 0.320 e. The van der Waals surface area contributed by atoms with E-state index in [0.29, 0.717) is 38.3 Å². The summed E-state index contributed by atoms with van der Waals surface area (Å²) in [6.45, 7) is 2.96. The molecule has 10 heteroatoms. The molecule has 2 amide bonds. The average molecular weight is 576 g/mol. The summed E-state index contributed by atoms with van der Waals surface area (Å²) in [5, 5.41) is 15.6. The number of likely N-dealkylation sites (tertiary alicyclic amines) is 1. The number of nitrogens with one attached hydrogen (secondary N) is 1. The number of carbonyl (C=O) groups excluding carboxylic acids is 1. The molecule has 2 aromatic carbocycles. The van der Waals surface area contributed by atoms with E-state index < -0.39 is 16.8 Å². The molecule has 2 atom stereocenters. The van der Waals surface area contributed by atoms with Gasteiger partial charge < -0.3 is 25.0 Å². The first kappa shape index (κ1) is 28.4. The lowest BCUT2D eigenvalue weighted by Gasteiger charge is -2.53. The van der Waals surface area contributed by atoms with Crippen LogP contribution in [0, 0.1) is 11.2 Å². The highest BCUT2D eigenvalue weighted by Crippen LogP contribution is 2.52. The van der Waals surface area contributed by atoms with Crippen LogP contribution in [0.5, 0.6) is 5.75 Å². The second kappa shape index (κ2) is 11.5. The van der Waals surface area contributed by atoms with E-state index >= 15 is 0 Å². The molecular weight excluding hydrogens is 537 g/mol. The smallest absolute Gasteiger partial charge is 0.320 e. The molecule has 0 unspecified atom stereocenters. The van der Waals surface area contributed by atoms with Crippen LogP contribution in [0.2, 0.25) is 0 Å². The molecule has 1 spiro atoms. The lowest BCUT2D eigenvalue weighted by molar-refractivity contribution is -0.137. The van der Waals surface area contributed by atoms with Crippen molar-refractivity contribution < 1.29 is 19.0 Å². The molecular formula is C32H38FN5O4. The predicted octanol–water partition coefficient (Wildman–Crippen LogP) is 3.82. The SMILES string of the molecule is COc1cccc(F)c1-c1cc(=O)n(C[C@]2(O)CCN(C(=O)N3CCNC[C@H]3c3ccccc3)CC23CCCC3)cn1. The highest BCUT2D eigenvalue weighted by Gasteiger charge is 2.56. The normalized spacial score (nSPS) is 23.7. The lowest BCUT2D eigenvalue weighted by atomic mass is 9.66. The van der Waals surface area contributed by atoms with Crippen LogP contribution in [0.4, 0.5) is 9.18 Å². The predicted molar refractivity (Wildman–Crippen MR) is 157 cm³/mol. The van der Waals surface area contributed by atoms with Gasteiger partial charge in [-0.1, -0.05) is 49.2 Å². The molecule has 2 N–H and O–H groups in total. The molecule has 3 aliphatic rings. The summed E-state index contributed by atoms with van der Waals surface area (Å²) >= 11 is 0. The second-order valence-electron chi connectivity index (χ2n) is 11.9. The minimum atomic E-state index is -1.19. The van der Waals surface area contributed by atoms with E-state index in [1.807, 2.05) is 28.0 Å². The van der Waals surface area contributed by atoms with Gasteiger partial charge >= 0.3 is 6.03 Å². The largest absolute Gasteiger partial charge is 0.496 e. The fraction of sp³-hybridized carbons (Fsp3) is 0.469. The van der Waals surface area contributed by atoms with E-state index in [4.69, 9.17) is 4.74 Å². The molecule has 222 valence electrons. The number of amides is 2. The summed E-state index contributed by atoms with van der Waals surface area (Å²) in [5.41, 5.74) is -0.681. The lowest BCUT2D eigenvalue weighted by Crippen LogP contribution is -2.64. The number of hydrogen-bond acceptors (Lipinski definition) is 6. The van der Waals surface area contributed by atoms with Crippen molar-refractivity contribution in [3.8, 4) is 17.0 Å². The van der Waals surface area contributed by atoms with Crippen molar-refractivity contribution in [2.24, 2.45) is 5.41 Å². The summed E-state index contributed by atoms with van der Waals surface area (Å²) in [6.07, 6.45) is 5.23. The molecule has 0 radical (unpaired) electrons. The van der Waals surface area contributed by atoms with Crippen molar-refractivity contribution in [1.82, 2.24) is 24.7 Å². The van der Waals surface area contributed by atoms with Gasteiger partial charge in [-0.05, 0) is 37.0 Å². The summed E-state index contributed by atoms with van der Waals surface area (Å²) in [5.74, 6) is -0.238. The number of halogens is 1. The third-order valence-electron chi connectivity index (χ3n) is 9.54. The van der Waals surface area contributed by atoms with E-state index in [1.165, 1.54) is 36.2 Å². The standard InChI is InChI=1S/C32H38FN5O4/c1-42-27-11-7-10-24(33)29(27)25-18-28(39)37(22-35-25)21-32(41)14-16-36(20-31(32)12-5-6-13-31)30(40)38-17-15-34-19-26(38)23-8-3-2-4-9-23/h2-4,7-11,18,22,26,34,41H,5-6,12-17,19-21H2,1H3/t26-,32+/m0/s1. The third kappa shape index (κ3) is 5.07. The van der Waals surface area contributed by atoms with E-state index in [-0.39, 0.29) is 35.4 Å². The number of carbonyl (C=O) groups is 1. The van der Waals surface area contributed by atoms with Crippen molar-refractivity contribution >= 4 is 6.03 Å². The number of nitrogens with zero attached hydrogens (tertiary/aromatic N) is 4. The summed E-state index contributed by atoms with van der Waals surface area (Å²) in [4.78, 5) is 35.5. The Labute approximate surface area is 244 Å². The molecule has 0 bridgehead atoms. The van der Waals surface area contributed by atoms with E-state index in [2.05, 4.69) is 22.4 Å². The zero-order chi connectivity index (χ0) is 29.3. The van der Waals surface area contributed by atoms with E-state index in [1.54, 1.807) is 6.07 Å². The number of ether oxygens (including phenoxy) is 1. The summed E-state index contributed by atoms with van der Waals surface area (Å²) < 4.78 is 21.3. The number of aromatic nitrogens is 2. The molecule has 1 saturated carbocycles. The van der Waals surface area contributed by atoms with Gasteiger partial charge in [-0.25, -0.2) is 14.2 Å². The minimum Gasteiger partial charge on any atom is -0.496 e. The topological polar surface area (TPSA) is 99.9 Å². The van der Waals surface area contributed by atoms with Gasteiger partial charge in [-0.3, -0.25) is 9.36 Å². The third-order valence-corrected chi connectivity index (χ3v) is 9.54. The maximum atomic E-state index is 14.6. The van der Waals surface area contributed by atoms with Crippen LogP contribution in [0.25, 0.3) is 11.3 Å². The Morgan fingerprint density at radius 2 is 1.90 bits per heavy atom. The van der Waals surface area contributed by atoms with Crippen molar-refractivity contribution in [2.45, 2.75) is 50.3 Å². The van der Waals surface area contributed by atoms with Crippen molar-refractivity contribution in [1.29, 1.82) is 0 Å². The molecule has 3 aromatic rings. The van der Waals surface area contributed by atoms with Crippen molar-refractivity contribution in [3.05, 3.63) is 82.7 Å². The molecule has 42 heavy (non-hydrogen) atoms. The van der Waals surface area contributed by atoms with Crippen LogP contribution in [0.3, 0.4) is 0 Å². The van der Waals surface area contributed by atoms with E-state index in [0.717, 1.165) is 37.8 Å². The van der Waals surface area contributed by atoms with E-state index in [9.17, 15) is 19.1 Å². The molecule has 6 rings (SSSR count). The number of piperidine rings is 1. The van der Waals surface area contributed by atoms with Crippen LogP contribution in [-0.4, -0.2) is 75.9 Å². The average Bonchev–Trinajstić information content (AvgIpc) is 3.49. The molecule has 1 aliphatic carbocycles. The Balaban J connectivity index is 1.24. The van der Waals surface area contributed by atoms with Crippen LogP contribution in [-0.2, 0) is 6.54 Å². The Bertz CT molecular complexity index is 1490. The number of rotatable bonds is 5. The van der Waals surface area contributed by atoms with Crippen LogP contribution >= 0.6 is 0 Å². The highest BCUT2D eigenvalue weighted by molar-refractivity contribution is 5.75. The molecule has 3 fully saturated rings. The van der Waals surface area contributed by atoms with Crippen LogP contribution in [0.15, 0.2) is 65.7 Å².